The van der Waals surface area contributed by atoms with Crippen LogP contribution >= 0.6 is 0 Å². The van der Waals surface area contributed by atoms with Gasteiger partial charge in [0.2, 0.25) is 5.91 Å². The van der Waals surface area contributed by atoms with Crippen molar-refractivity contribution < 1.29 is 4.79 Å². The quantitative estimate of drug-likeness (QED) is 0.854. The summed E-state index contributed by atoms with van der Waals surface area (Å²) in [5, 5.41) is 2.94. The molecule has 0 bridgehead atoms. The van der Waals surface area contributed by atoms with Crippen LogP contribution in [0.2, 0.25) is 0 Å². The van der Waals surface area contributed by atoms with Crippen molar-refractivity contribution >= 4 is 11.6 Å². The highest BCUT2D eigenvalue weighted by Gasteiger charge is 2.18. The van der Waals surface area contributed by atoms with E-state index in [1.807, 2.05) is 42.5 Å². The third kappa shape index (κ3) is 4.17. The van der Waals surface area contributed by atoms with Crippen LogP contribution in [0.25, 0.3) is 0 Å². The normalized spacial score (nSPS) is 11.9. The number of hydrogen-bond acceptors (Lipinski definition) is 2. The Morgan fingerprint density at radius 1 is 1.10 bits per heavy atom. The molecule has 0 aliphatic heterocycles. The molecule has 3 N–H and O–H groups in total. The maximum absolute atomic E-state index is 12.4. The minimum absolute atomic E-state index is 0.0630. The number of hydrogen-bond donors (Lipinski definition) is 2. The first-order valence-electron chi connectivity index (χ1n) is 7.39. The summed E-state index contributed by atoms with van der Waals surface area (Å²) in [6.45, 7) is 2.45. The summed E-state index contributed by atoms with van der Waals surface area (Å²) in [5.41, 5.74) is 8.81. The molecule has 3 heteroatoms. The molecule has 2 aromatic rings. The summed E-state index contributed by atoms with van der Waals surface area (Å²) in [7, 11) is 0. The Kier molecular flexibility index (Phi) is 5.52. The van der Waals surface area contributed by atoms with Crippen LogP contribution in [0.4, 0.5) is 5.69 Å². The van der Waals surface area contributed by atoms with E-state index in [0.717, 1.165) is 24.1 Å². The molecule has 0 saturated heterocycles. The van der Waals surface area contributed by atoms with E-state index in [-0.39, 0.29) is 11.8 Å². The number of aryl methyl sites for hydroxylation is 1. The molecule has 0 spiro atoms. The van der Waals surface area contributed by atoms with Gasteiger partial charge in [0.05, 0.1) is 5.92 Å². The summed E-state index contributed by atoms with van der Waals surface area (Å²) in [6, 6.07) is 17.6. The molecule has 1 atom stereocenters. The van der Waals surface area contributed by atoms with E-state index in [1.54, 1.807) is 0 Å². The molecule has 0 aromatic heterocycles. The Morgan fingerprint density at radius 3 is 2.33 bits per heavy atom. The standard InChI is InChI=1S/C18H22N2O/c1-2-6-14-9-11-16(12-10-14)20-18(21)17(13-19)15-7-4-3-5-8-15/h3-5,7-12,17H,2,6,13,19H2,1H3,(H,20,21). The number of carbonyl (C=O) groups excluding carboxylic acids is 1. The van der Waals surface area contributed by atoms with Crippen molar-refractivity contribution in [2.24, 2.45) is 5.73 Å². The van der Waals surface area contributed by atoms with Crippen molar-refractivity contribution in [3.05, 3.63) is 65.7 Å². The van der Waals surface area contributed by atoms with Crippen LogP contribution in [-0.4, -0.2) is 12.5 Å². The summed E-state index contributed by atoms with van der Waals surface area (Å²) < 4.78 is 0. The maximum atomic E-state index is 12.4. The molecule has 1 unspecified atom stereocenters. The molecule has 3 nitrogen and oxygen atoms in total. The number of benzene rings is 2. The Hall–Kier alpha value is -2.13. The Bertz CT molecular complexity index is 564. The van der Waals surface area contributed by atoms with Gasteiger partial charge in [-0.05, 0) is 29.7 Å². The van der Waals surface area contributed by atoms with Gasteiger partial charge in [0.25, 0.3) is 0 Å². The van der Waals surface area contributed by atoms with E-state index < -0.39 is 0 Å². The van der Waals surface area contributed by atoms with Gasteiger partial charge >= 0.3 is 0 Å². The Morgan fingerprint density at radius 2 is 1.76 bits per heavy atom. The lowest BCUT2D eigenvalue weighted by atomic mass is 9.98. The largest absolute Gasteiger partial charge is 0.329 e. The predicted molar refractivity (Wildman–Crippen MR) is 87.3 cm³/mol. The number of nitrogens with one attached hydrogen (secondary N) is 1. The molecule has 2 aromatic carbocycles. The summed E-state index contributed by atoms with van der Waals surface area (Å²) in [5.74, 6) is -0.381. The number of nitrogens with two attached hydrogens (primary N) is 1. The first kappa shape index (κ1) is 15.3. The monoisotopic (exact) mass is 282 g/mol. The van der Waals surface area contributed by atoms with Crippen molar-refractivity contribution in [2.75, 3.05) is 11.9 Å². The summed E-state index contributed by atoms with van der Waals surface area (Å²) >= 11 is 0. The second kappa shape index (κ2) is 7.60. The van der Waals surface area contributed by atoms with E-state index in [4.69, 9.17) is 5.73 Å². The van der Waals surface area contributed by atoms with Gasteiger partial charge in [0.1, 0.15) is 0 Å². The Balaban J connectivity index is 2.05. The van der Waals surface area contributed by atoms with E-state index >= 15 is 0 Å². The molecular weight excluding hydrogens is 260 g/mol. The second-order valence-corrected chi connectivity index (χ2v) is 5.14. The van der Waals surface area contributed by atoms with Crippen LogP contribution in [0.1, 0.15) is 30.4 Å². The van der Waals surface area contributed by atoms with Gasteiger partial charge in [-0.25, -0.2) is 0 Å². The van der Waals surface area contributed by atoms with E-state index in [9.17, 15) is 4.79 Å². The van der Waals surface area contributed by atoms with E-state index in [0.29, 0.717) is 6.54 Å². The van der Waals surface area contributed by atoms with Crippen molar-refractivity contribution in [1.29, 1.82) is 0 Å². The lowest BCUT2D eigenvalue weighted by molar-refractivity contribution is -0.117. The smallest absolute Gasteiger partial charge is 0.233 e. The molecular formula is C18H22N2O. The lowest BCUT2D eigenvalue weighted by Gasteiger charge is -2.15. The molecule has 1 amide bonds. The summed E-state index contributed by atoms with van der Waals surface area (Å²) in [6.07, 6.45) is 2.18. The SMILES string of the molecule is CCCc1ccc(NC(=O)C(CN)c2ccccc2)cc1. The Labute approximate surface area is 126 Å². The molecule has 0 heterocycles. The van der Waals surface area contributed by atoms with Gasteiger partial charge in [0, 0.05) is 12.2 Å². The van der Waals surface area contributed by atoms with Gasteiger partial charge in [-0.15, -0.1) is 0 Å². The van der Waals surface area contributed by atoms with Gasteiger partial charge < -0.3 is 11.1 Å². The van der Waals surface area contributed by atoms with Crippen LogP contribution in [-0.2, 0) is 11.2 Å². The topological polar surface area (TPSA) is 55.1 Å². The number of rotatable bonds is 6. The molecule has 0 aliphatic carbocycles. The first-order valence-corrected chi connectivity index (χ1v) is 7.39. The van der Waals surface area contributed by atoms with Gasteiger partial charge in [-0.2, -0.15) is 0 Å². The molecule has 110 valence electrons. The van der Waals surface area contributed by atoms with E-state index in [2.05, 4.69) is 24.4 Å². The lowest BCUT2D eigenvalue weighted by Crippen LogP contribution is -2.27. The first-order chi connectivity index (χ1) is 10.2. The van der Waals surface area contributed by atoms with Crippen LogP contribution in [0.15, 0.2) is 54.6 Å². The molecule has 21 heavy (non-hydrogen) atoms. The van der Waals surface area contributed by atoms with Gasteiger partial charge in [0.15, 0.2) is 0 Å². The van der Waals surface area contributed by atoms with Crippen molar-refractivity contribution in [1.82, 2.24) is 0 Å². The van der Waals surface area contributed by atoms with Crippen LogP contribution in [0.5, 0.6) is 0 Å². The number of amides is 1. The third-order valence-electron chi connectivity index (χ3n) is 3.51. The third-order valence-corrected chi connectivity index (χ3v) is 3.51. The zero-order chi connectivity index (χ0) is 15.1. The van der Waals surface area contributed by atoms with E-state index in [1.165, 1.54) is 5.56 Å². The van der Waals surface area contributed by atoms with Crippen molar-refractivity contribution in [2.45, 2.75) is 25.7 Å². The molecule has 0 fully saturated rings. The highest BCUT2D eigenvalue weighted by Crippen LogP contribution is 2.18. The van der Waals surface area contributed by atoms with Crippen LogP contribution < -0.4 is 11.1 Å². The highest BCUT2D eigenvalue weighted by molar-refractivity contribution is 5.96. The number of anilines is 1. The van der Waals surface area contributed by atoms with Crippen LogP contribution in [0, 0.1) is 0 Å². The van der Waals surface area contributed by atoms with Gasteiger partial charge in [-0.1, -0.05) is 55.8 Å². The van der Waals surface area contributed by atoms with Gasteiger partial charge in [-0.3, -0.25) is 4.79 Å². The van der Waals surface area contributed by atoms with Crippen molar-refractivity contribution in [3.63, 3.8) is 0 Å². The fourth-order valence-electron chi connectivity index (χ4n) is 2.35. The summed E-state index contributed by atoms with van der Waals surface area (Å²) in [4.78, 5) is 12.4. The van der Waals surface area contributed by atoms with Crippen LogP contribution in [0.3, 0.4) is 0 Å². The zero-order valence-electron chi connectivity index (χ0n) is 12.4. The average Bonchev–Trinajstić information content (AvgIpc) is 2.51. The molecule has 0 saturated carbocycles. The molecule has 0 aliphatic rings. The fourth-order valence-corrected chi connectivity index (χ4v) is 2.35. The number of carbonyl (C=O) groups is 1. The molecule has 2 rings (SSSR count). The average molecular weight is 282 g/mol. The minimum Gasteiger partial charge on any atom is -0.329 e. The second-order valence-electron chi connectivity index (χ2n) is 5.14. The fraction of sp³-hybridized carbons (Fsp3) is 0.278. The molecule has 0 radical (unpaired) electrons. The highest BCUT2D eigenvalue weighted by atomic mass is 16.1. The minimum atomic E-state index is -0.318. The zero-order valence-corrected chi connectivity index (χ0v) is 12.4. The maximum Gasteiger partial charge on any atom is 0.233 e. The van der Waals surface area contributed by atoms with Crippen molar-refractivity contribution in [3.8, 4) is 0 Å². The predicted octanol–water partition coefficient (Wildman–Crippen LogP) is 3.32.